The highest BCUT2D eigenvalue weighted by Gasteiger charge is 2.55. The SMILES string of the molecule is O=COC(=O)C12CC3CC(CC(C3)C1)C2. The molecule has 0 spiro atoms. The molecule has 4 aliphatic carbocycles. The van der Waals surface area contributed by atoms with Gasteiger partial charge in [-0.25, -0.2) is 0 Å². The van der Waals surface area contributed by atoms with Crippen molar-refractivity contribution in [2.45, 2.75) is 38.5 Å². The Morgan fingerprint density at radius 2 is 1.53 bits per heavy atom. The molecule has 0 saturated heterocycles. The summed E-state index contributed by atoms with van der Waals surface area (Å²) in [5.74, 6) is 1.90. The Labute approximate surface area is 89.2 Å². The molecule has 15 heavy (non-hydrogen) atoms. The van der Waals surface area contributed by atoms with Crippen LogP contribution in [0.2, 0.25) is 0 Å². The predicted molar refractivity (Wildman–Crippen MR) is 52.8 cm³/mol. The Hall–Kier alpha value is -0.860. The largest absolute Gasteiger partial charge is 0.395 e. The van der Waals surface area contributed by atoms with Gasteiger partial charge in [-0.15, -0.1) is 0 Å². The van der Waals surface area contributed by atoms with E-state index in [1.165, 1.54) is 19.3 Å². The van der Waals surface area contributed by atoms with Gasteiger partial charge in [0.15, 0.2) is 0 Å². The summed E-state index contributed by atoms with van der Waals surface area (Å²) in [6, 6.07) is 0. The summed E-state index contributed by atoms with van der Waals surface area (Å²) in [7, 11) is 0. The van der Waals surface area contributed by atoms with E-state index in [0.717, 1.165) is 37.0 Å². The lowest BCUT2D eigenvalue weighted by molar-refractivity contribution is -0.173. The molecule has 4 fully saturated rings. The van der Waals surface area contributed by atoms with Crippen molar-refractivity contribution in [1.82, 2.24) is 0 Å². The highest BCUT2D eigenvalue weighted by atomic mass is 16.6. The normalized spacial score (nSPS) is 46.5. The van der Waals surface area contributed by atoms with Crippen molar-refractivity contribution in [1.29, 1.82) is 0 Å². The van der Waals surface area contributed by atoms with Crippen molar-refractivity contribution in [2.75, 3.05) is 0 Å². The first kappa shape index (κ1) is 9.37. The van der Waals surface area contributed by atoms with Gasteiger partial charge >= 0.3 is 12.4 Å². The number of ether oxygens (including phenoxy) is 1. The van der Waals surface area contributed by atoms with Gasteiger partial charge in [-0.3, -0.25) is 9.59 Å². The minimum absolute atomic E-state index is 0.253. The number of hydrogen-bond acceptors (Lipinski definition) is 3. The van der Waals surface area contributed by atoms with Crippen LogP contribution >= 0.6 is 0 Å². The van der Waals surface area contributed by atoms with Gasteiger partial charge in [-0.2, -0.15) is 0 Å². The van der Waals surface area contributed by atoms with E-state index in [2.05, 4.69) is 4.74 Å². The van der Waals surface area contributed by atoms with Crippen LogP contribution in [-0.2, 0) is 14.3 Å². The molecule has 0 atom stereocenters. The molecule has 0 heterocycles. The van der Waals surface area contributed by atoms with Crippen LogP contribution in [0.3, 0.4) is 0 Å². The maximum atomic E-state index is 11.8. The standard InChI is InChI=1S/C12H16O3/c13-7-15-11(14)12-4-8-1-9(5-12)3-10(2-8)6-12/h7-10H,1-6H2. The zero-order chi connectivity index (χ0) is 10.5. The third-order valence-electron chi connectivity index (χ3n) is 4.63. The highest BCUT2D eigenvalue weighted by Crippen LogP contribution is 2.60. The maximum absolute atomic E-state index is 11.8. The molecule has 0 aromatic carbocycles. The van der Waals surface area contributed by atoms with Crippen LogP contribution in [0.15, 0.2) is 0 Å². The summed E-state index contributed by atoms with van der Waals surface area (Å²) in [5.41, 5.74) is -0.282. The summed E-state index contributed by atoms with van der Waals surface area (Å²) in [5, 5.41) is 0. The van der Waals surface area contributed by atoms with Gasteiger partial charge in [0, 0.05) is 0 Å². The lowest BCUT2D eigenvalue weighted by Gasteiger charge is -2.54. The maximum Gasteiger partial charge on any atom is 0.319 e. The molecular weight excluding hydrogens is 192 g/mol. The minimum atomic E-state index is -0.282. The Kier molecular flexibility index (Phi) is 1.91. The van der Waals surface area contributed by atoms with E-state index >= 15 is 0 Å². The number of hydrogen-bond donors (Lipinski definition) is 0. The summed E-state index contributed by atoms with van der Waals surface area (Å²) in [6.45, 7) is 0.293. The summed E-state index contributed by atoms with van der Waals surface area (Å²) >= 11 is 0. The van der Waals surface area contributed by atoms with Crippen molar-refractivity contribution in [3.63, 3.8) is 0 Å². The van der Waals surface area contributed by atoms with Gasteiger partial charge in [-0.05, 0) is 56.3 Å². The molecule has 0 aromatic rings. The topological polar surface area (TPSA) is 43.4 Å². The van der Waals surface area contributed by atoms with Gasteiger partial charge in [0.1, 0.15) is 0 Å². The molecule has 0 unspecified atom stereocenters. The number of rotatable bonds is 2. The second-order valence-corrected chi connectivity index (χ2v) is 5.70. The molecule has 0 N–H and O–H groups in total. The predicted octanol–water partition coefficient (Wildman–Crippen LogP) is 1.90. The first-order chi connectivity index (χ1) is 7.22. The molecule has 0 radical (unpaired) electrons. The van der Waals surface area contributed by atoms with Crippen LogP contribution in [-0.4, -0.2) is 12.4 Å². The third kappa shape index (κ3) is 1.32. The number of carbonyl (C=O) groups is 2. The Balaban J connectivity index is 1.86. The van der Waals surface area contributed by atoms with E-state index in [1.807, 2.05) is 0 Å². The van der Waals surface area contributed by atoms with Gasteiger partial charge in [0.05, 0.1) is 5.41 Å². The van der Waals surface area contributed by atoms with E-state index < -0.39 is 0 Å². The van der Waals surface area contributed by atoms with Crippen molar-refractivity contribution < 1.29 is 14.3 Å². The van der Waals surface area contributed by atoms with Crippen LogP contribution in [0.25, 0.3) is 0 Å². The van der Waals surface area contributed by atoms with Crippen molar-refractivity contribution in [2.24, 2.45) is 23.2 Å². The smallest absolute Gasteiger partial charge is 0.319 e. The average Bonchev–Trinajstić information content (AvgIpc) is 2.15. The first-order valence-electron chi connectivity index (χ1n) is 5.86. The molecule has 3 nitrogen and oxygen atoms in total. The van der Waals surface area contributed by atoms with Crippen molar-refractivity contribution in [3.05, 3.63) is 0 Å². The lowest BCUT2D eigenvalue weighted by Crippen LogP contribution is -2.50. The Bertz CT molecular complexity index is 273. The van der Waals surface area contributed by atoms with E-state index in [0.29, 0.717) is 6.47 Å². The fraction of sp³-hybridized carbons (Fsp3) is 0.833. The molecule has 4 saturated carbocycles. The van der Waals surface area contributed by atoms with E-state index in [1.54, 1.807) is 0 Å². The van der Waals surface area contributed by atoms with Gasteiger partial charge in [0.2, 0.25) is 0 Å². The third-order valence-corrected chi connectivity index (χ3v) is 4.63. The average molecular weight is 208 g/mol. The highest BCUT2D eigenvalue weighted by molar-refractivity contribution is 5.82. The second-order valence-electron chi connectivity index (χ2n) is 5.70. The van der Waals surface area contributed by atoms with Gasteiger partial charge in [-0.1, -0.05) is 0 Å². The Morgan fingerprint density at radius 3 is 1.93 bits per heavy atom. The molecule has 0 amide bonds. The summed E-state index contributed by atoms with van der Waals surface area (Å²) in [6.07, 6.45) is 6.79. The Morgan fingerprint density at radius 1 is 1.07 bits per heavy atom. The minimum Gasteiger partial charge on any atom is -0.395 e. The van der Waals surface area contributed by atoms with Crippen LogP contribution in [0, 0.1) is 23.2 Å². The molecule has 4 rings (SSSR count). The van der Waals surface area contributed by atoms with Crippen LogP contribution in [0.5, 0.6) is 0 Å². The van der Waals surface area contributed by atoms with Crippen molar-refractivity contribution in [3.8, 4) is 0 Å². The zero-order valence-corrected chi connectivity index (χ0v) is 8.78. The van der Waals surface area contributed by atoms with Gasteiger partial charge in [0.25, 0.3) is 0 Å². The molecule has 0 aliphatic heterocycles. The fourth-order valence-electron chi connectivity index (χ4n) is 4.53. The molecule has 3 heteroatoms. The monoisotopic (exact) mass is 208 g/mol. The molecule has 4 aliphatic rings. The number of esters is 1. The van der Waals surface area contributed by atoms with E-state index in [9.17, 15) is 9.59 Å². The number of carbonyl (C=O) groups excluding carboxylic acids is 2. The molecular formula is C12H16O3. The molecule has 0 aromatic heterocycles. The lowest BCUT2D eigenvalue weighted by atomic mass is 9.49. The first-order valence-corrected chi connectivity index (χ1v) is 5.86. The van der Waals surface area contributed by atoms with Crippen LogP contribution in [0.4, 0.5) is 0 Å². The summed E-state index contributed by atoms with van der Waals surface area (Å²) in [4.78, 5) is 22.1. The molecule has 4 bridgehead atoms. The second kappa shape index (κ2) is 3.06. The fourth-order valence-corrected chi connectivity index (χ4v) is 4.53. The molecule has 82 valence electrons. The van der Waals surface area contributed by atoms with E-state index in [4.69, 9.17) is 0 Å². The van der Waals surface area contributed by atoms with Crippen molar-refractivity contribution >= 4 is 12.4 Å². The van der Waals surface area contributed by atoms with Crippen LogP contribution in [0.1, 0.15) is 38.5 Å². The summed E-state index contributed by atoms with van der Waals surface area (Å²) < 4.78 is 4.61. The van der Waals surface area contributed by atoms with Gasteiger partial charge < -0.3 is 4.74 Å². The zero-order valence-electron chi connectivity index (χ0n) is 8.78. The van der Waals surface area contributed by atoms with E-state index in [-0.39, 0.29) is 11.4 Å². The van der Waals surface area contributed by atoms with Crippen LogP contribution < -0.4 is 0 Å². The quantitative estimate of drug-likeness (QED) is 0.395.